The molecule has 0 saturated heterocycles. The van der Waals surface area contributed by atoms with Gasteiger partial charge < -0.3 is 0 Å². The monoisotopic (exact) mass is 503 g/mol. The van der Waals surface area contributed by atoms with Crippen LogP contribution in [0.2, 0.25) is 13.3 Å². The standard InChI is InChI=1S/C12H22NO2.3C4H9.Sn/c1-12(2,3)15-11(14)13-9-10-7-5-4-6-8-10;3*1-3-4-2;/h9-10H,4-8H2,1-3H3,(H,13,14);3*1,3-4H2,2H3;. The SMILES string of the molecule is CCC[CH2][Sn]([CH2]CCC)([CH2]CCC)[C@@H](NC(=O)OC(C)(C)C)C1CCCCC1. The molecule has 0 spiro atoms. The molecule has 0 aromatic rings. The van der Waals surface area contributed by atoms with Gasteiger partial charge >= 0.3 is 180 Å². The third-order valence-electron chi connectivity index (χ3n) is 6.54. The average Bonchev–Trinajstić information content (AvgIpc) is 2.65. The van der Waals surface area contributed by atoms with Gasteiger partial charge in [0.1, 0.15) is 0 Å². The van der Waals surface area contributed by atoms with E-state index in [1.165, 1.54) is 83.9 Å². The van der Waals surface area contributed by atoms with Crippen molar-refractivity contribution in [3.05, 3.63) is 0 Å². The Morgan fingerprint density at radius 3 is 1.79 bits per heavy atom. The average molecular weight is 502 g/mol. The first kappa shape index (κ1) is 26.1. The Kier molecular flexibility index (Phi) is 12.5. The molecule has 0 aromatic heterocycles. The first-order valence-electron chi connectivity index (χ1n) is 12.3. The normalized spacial score (nSPS) is 17.4. The summed E-state index contributed by atoms with van der Waals surface area (Å²) in [7, 11) is 0. The number of carbonyl (C=O) groups is 1. The zero-order valence-electron chi connectivity index (χ0n) is 19.9. The van der Waals surface area contributed by atoms with Crippen molar-refractivity contribution < 1.29 is 9.53 Å². The number of alkyl carbamates (subject to hydrolysis) is 1. The van der Waals surface area contributed by atoms with Gasteiger partial charge in [-0.15, -0.1) is 0 Å². The number of nitrogens with one attached hydrogen (secondary N) is 1. The zero-order valence-corrected chi connectivity index (χ0v) is 22.7. The number of carbonyl (C=O) groups excluding carboxylic acids is 1. The minimum absolute atomic E-state index is 0.159. The molecular formula is C24H49NO2Sn. The van der Waals surface area contributed by atoms with Crippen molar-refractivity contribution in [1.29, 1.82) is 0 Å². The summed E-state index contributed by atoms with van der Waals surface area (Å²) in [5.74, 6) is 0.697. The Labute approximate surface area is 180 Å². The number of rotatable bonds is 12. The molecule has 1 rings (SSSR count). The van der Waals surface area contributed by atoms with Crippen LogP contribution in [0.25, 0.3) is 0 Å². The summed E-state index contributed by atoms with van der Waals surface area (Å²) in [6, 6.07) is 0. The van der Waals surface area contributed by atoms with Crippen molar-refractivity contribution in [3.8, 4) is 0 Å². The quantitative estimate of drug-likeness (QED) is 0.276. The van der Waals surface area contributed by atoms with Gasteiger partial charge in [0.05, 0.1) is 0 Å². The van der Waals surface area contributed by atoms with Gasteiger partial charge in [0.15, 0.2) is 0 Å². The molecule has 0 bridgehead atoms. The van der Waals surface area contributed by atoms with Crippen LogP contribution in [-0.4, -0.2) is 34.1 Å². The van der Waals surface area contributed by atoms with Gasteiger partial charge in [-0.05, 0) is 0 Å². The van der Waals surface area contributed by atoms with Gasteiger partial charge in [-0.25, -0.2) is 0 Å². The van der Waals surface area contributed by atoms with E-state index in [9.17, 15) is 4.79 Å². The molecule has 1 fully saturated rings. The molecule has 3 nitrogen and oxygen atoms in total. The Morgan fingerprint density at radius 2 is 1.39 bits per heavy atom. The summed E-state index contributed by atoms with van der Waals surface area (Å²) in [6.45, 7) is 12.9. The van der Waals surface area contributed by atoms with Crippen molar-refractivity contribution >= 4 is 24.5 Å². The molecule has 0 heterocycles. The maximum absolute atomic E-state index is 12.9. The predicted octanol–water partition coefficient (Wildman–Crippen LogP) is 7.85. The molecule has 1 saturated carbocycles. The van der Waals surface area contributed by atoms with E-state index in [1.807, 2.05) is 20.8 Å². The van der Waals surface area contributed by atoms with Crippen LogP contribution in [0.15, 0.2) is 0 Å². The fraction of sp³-hybridized carbons (Fsp3) is 0.958. The van der Waals surface area contributed by atoms with E-state index in [2.05, 4.69) is 26.1 Å². The Morgan fingerprint density at radius 1 is 0.929 bits per heavy atom. The molecule has 166 valence electrons. The van der Waals surface area contributed by atoms with Crippen LogP contribution >= 0.6 is 0 Å². The van der Waals surface area contributed by atoms with Gasteiger partial charge in [-0.1, -0.05) is 0 Å². The van der Waals surface area contributed by atoms with Gasteiger partial charge in [-0.3, -0.25) is 0 Å². The van der Waals surface area contributed by atoms with E-state index in [4.69, 9.17) is 4.74 Å². The fourth-order valence-electron chi connectivity index (χ4n) is 5.10. The third kappa shape index (κ3) is 9.26. The molecular weight excluding hydrogens is 453 g/mol. The minimum atomic E-state index is -2.57. The van der Waals surface area contributed by atoms with E-state index in [1.54, 1.807) is 0 Å². The van der Waals surface area contributed by atoms with Crippen LogP contribution in [0.4, 0.5) is 4.79 Å². The molecule has 0 unspecified atom stereocenters. The van der Waals surface area contributed by atoms with Crippen molar-refractivity contribution in [2.75, 3.05) is 0 Å². The fourth-order valence-corrected chi connectivity index (χ4v) is 24.0. The molecule has 1 amide bonds. The zero-order chi connectivity index (χ0) is 21.0. The van der Waals surface area contributed by atoms with Crippen molar-refractivity contribution in [1.82, 2.24) is 5.32 Å². The molecule has 0 aromatic carbocycles. The Balaban J connectivity index is 3.17. The second kappa shape index (κ2) is 13.4. The molecule has 1 aliphatic rings. The summed E-state index contributed by atoms with van der Waals surface area (Å²) >= 11 is -2.57. The van der Waals surface area contributed by atoms with Crippen molar-refractivity contribution in [3.63, 3.8) is 0 Å². The van der Waals surface area contributed by atoms with Crippen LogP contribution < -0.4 is 5.32 Å². The maximum atomic E-state index is 12.9. The summed E-state index contributed by atoms with van der Waals surface area (Å²) < 4.78 is 10.6. The van der Waals surface area contributed by atoms with Gasteiger partial charge in [-0.2, -0.15) is 0 Å². The van der Waals surface area contributed by atoms with E-state index in [0.717, 1.165) is 0 Å². The molecule has 4 heteroatoms. The summed E-state index contributed by atoms with van der Waals surface area (Å²) in [4.78, 5) is 12.9. The molecule has 0 radical (unpaired) electrons. The van der Waals surface area contributed by atoms with E-state index < -0.39 is 24.0 Å². The number of amides is 1. The molecule has 1 aliphatic carbocycles. The molecule has 1 atom stereocenters. The number of unbranched alkanes of at least 4 members (excludes halogenated alkanes) is 3. The first-order valence-corrected chi connectivity index (χ1v) is 20.0. The first-order chi connectivity index (χ1) is 13.3. The van der Waals surface area contributed by atoms with Crippen LogP contribution in [-0.2, 0) is 4.74 Å². The van der Waals surface area contributed by atoms with Gasteiger partial charge in [0.2, 0.25) is 0 Å². The summed E-state index contributed by atoms with van der Waals surface area (Å²) in [5, 5.41) is 3.54. The van der Waals surface area contributed by atoms with Gasteiger partial charge in [0.25, 0.3) is 0 Å². The van der Waals surface area contributed by atoms with E-state index >= 15 is 0 Å². The molecule has 1 N–H and O–H groups in total. The third-order valence-corrected chi connectivity index (χ3v) is 23.6. The Bertz CT molecular complexity index is 405. The van der Waals surface area contributed by atoms with Crippen LogP contribution in [0.5, 0.6) is 0 Å². The topological polar surface area (TPSA) is 38.3 Å². The van der Waals surface area contributed by atoms with Crippen LogP contribution in [0.3, 0.4) is 0 Å². The van der Waals surface area contributed by atoms with Crippen LogP contribution in [0.1, 0.15) is 112 Å². The van der Waals surface area contributed by atoms with E-state index in [-0.39, 0.29) is 6.09 Å². The second-order valence-corrected chi connectivity index (χ2v) is 24.0. The Hall–Kier alpha value is 0.0687. The predicted molar refractivity (Wildman–Crippen MR) is 125 cm³/mol. The number of hydrogen-bond acceptors (Lipinski definition) is 2. The van der Waals surface area contributed by atoms with Crippen molar-refractivity contribution in [2.45, 2.75) is 135 Å². The van der Waals surface area contributed by atoms with Crippen molar-refractivity contribution in [2.24, 2.45) is 5.92 Å². The summed E-state index contributed by atoms with van der Waals surface area (Å²) in [6.07, 6.45) is 14.4. The second-order valence-electron chi connectivity index (χ2n) is 10.2. The molecule has 0 aliphatic heterocycles. The van der Waals surface area contributed by atoms with Crippen LogP contribution in [0, 0.1) is 5.92 Å². The summed E-state index contributed by atoms with van der Waals surface area (Å²) in [5.41, 5.74) is -0.421. The number of hydrogen-bond donors (Lipinski definition) is 1. The van der Waals surface area contributed by atoms with Gasteiger partial charge in [0, 0.05) is 0 Å². The molecule has 28 heavy (non-hydrogen) atoms. The van der Waals surface area contributed by atoms with E-state index in [0.29, 0.717) is 9.98 Å². The number of ether oxygens (including phenoxy) is 1.